The molecular formula is C10H12ClNO3. The van der Waals surface area contributed by atoms with Crippen LogP contribution in [0, 0.1) is 0 Å². The molecule has 0 heterocycles. The molecule has 0 saturated heterocycles. The van der Waals surface area contributed by atoms with E-state index in [0.717, 1.165) is 0 Å². The molecule has 2 N–H and O–H groups in total. The number of nitrogens with two attached hydrogens (primary N) is 1. The smallest absolute Gasteiger partial charge is 0.340 e. The molecule has 0 fully saturated rings. The summed E-state index contributed by atoms with van der Waals surface area (Å²) in [4.78, 5) is 11.5. The predicted octanol–water partition coefficient (Wildman–Crippen LogP) is 2.11. The van der Waals surface area contributed by atoms with Gasteiger partial charge >= 0.3 is 5.97 Å². The van der Waals surface area contributed by atoms with Crippen molar-refractivity contribution in [2.75, 3.05) is 19.5 Å². The summed E-state index contributed by atoms with van der Waals surface area (Å²) in [6.45, 7) is 2.00. The molecule has 0 atom stereocenters. The molecule has 1 aromatic rings. The molecule has 0 aliphatic rings. The fourth-order valence-electron chi connectivity index (χ4n) is 1.09. The lowest BCUT2D eigenvalue weighted by atomic mass is 10.1. The molecule has 0 radical (unpaired) electrons. The van der Waals surface area contributed by atoms with Gasteiger partial charge in [0.1, 0.15) is 5.75 Å². The summed E-state index contributed by atoms with van der Waals surface area (Å²) >= 11 is 5.83. The van der Waals surface area contributed by atoms with E-state index < -0.39 is 5.97 Å². The highest BCUT2D eigenvalue weighted by Crippen LogP contribution is 2.29. The molecule has 0 unspecified atom stereocenters. The molecular weight excluding hydrogens is 218 g/mol. The number of hydrogen-bond acceptors (Lipinski definition) is 4. The van der Waals surface area contributed by atoms with Gasteiger partial charge in [0.25, 0.3) is 0 Å². The number of halogens is 1. The summed E-state index contributed by atoms with van der Waals surface area (Å²) in [6.07, 6.45) is 0. The first-order chi connectivity index (χ1) is 7.10. The van der Waals surface area contributed by atoms with Crippen LogP contribution in [0.15, 0.2) is 12.1 Å². The molecule has 0 spiro atoms. The van der Waals surface area contributed by atoms with E-state index in [9.17, 15) is 4.79 Å². The van der Waals surface area contributed by atoms with Crippen molar-refractivity contribution in [3.8, 4) is 5.75 Å². The van der Waals surface area contributed by atoms with Gasteiger partial charge in [-0.2, -0.15) is 0 Å². The molecule has 0 aliphatic carbocycles. The lowest BCUT2D eigenvalue weighted by Crippen LogP contribution is -2.08. The van der Waals surface area contributed by atoms with Gasteiger partial charge in [-0.05, 0) is 13.0 Å². The number of carbonyl (C=O) groups excluding carboxylic acids is 1. The number of rotatable bonds is 3. The fourth-order valence-corrected chi connectivity index (χ4v) is 1.30. The molecule has 5 heteroatoms. The van der Waals surface area contributed by atoms with Gasteiger partial charge in [-0.25, -0.2) is 4.79 Å². The number of anilines is 1. The first kappa shape index (κ1) is 11.7. The Labute approximate surface area is 92.9 Å². The Morgan fingerprint density at radius 1 is 1.53 bits per heavy atom. The largest absolute Gasteiger partial charge is 0.497 e. The Morgan fingerprint density at radius 2 is 2.20 bits per heavy atom. The summed E-state index contributed by atoms with van der Waals surface area (Å²) in [7, 11) is 1.48. The van der Waals surface area contributed by atoms with Gasteiger partial charge in [-0.3, -0.25) is 0 Å². The van der Waals surface area contributed by atoms with Gasteiger partial charge in [0.2, 0.25) is 0 Å². The molecule has 1 rings (SSSR count). The summed E-state index contributed by atoms with van der Waals surface area (Å²) in [5.74, 6) is -0.0342. The Hall–Kier alpha value is -1.42. The molecule has 4 nitrogen and oxygen atoms in total. The second kappa shape index (κ2) is 4.89. The van der Waals surface area contributed by atoms with E-state index in [2.05, 4.69) is 0 Å². The van der Waals surface area contributed by atoms with Crippen LogP contribution in [0.1, 0.15) is 17.3 Å². The van der Waals surface area contributed by atoms with Crippen molar-refractivity contribution in [1.82, 2.24) is 0 Å². The zero-order chi connectivity index (χ0) is 11.4. The lowest BCUT2D eigenvalue weighted by Gasteiger charge is -2.09. The average molecular weight is 230 g/mol. The van der Waals surface area contributed by atoms with Crippen LogP contribution in [0.4, 0.5) is 5.69 Å². The SMILES string of the molecule is CCOC(=O)c1cc(OC)cc(Cl)c1N. The lowest BCUT2D eigenvalue weighted by molar-refractivity contribution is 0.0527. The molecule has 0 aliphatic heterocycles. The minimum Gasteiger partial charge on any atom is -0.497 e. The summed E-state index contributed by atoms with van der Waals surface area (Å²) < 4.78 is 9.80. The number of benzene rings is 1. The van der Waals surface area contributed by atoms with E-state index in [1.165, 1.54) is 13.2 Å². The van der Waals surface area contributed by atoms with E-state index in [-0.39, 0.29) is 22.9 Å². The Morgan fingerprint density at radius 3 is 2.73 bits per heavy atom. The van der Waals surface area contributed by atoms with E-state index in [1.807, 2.05) is 0 Å². The summed E-state index contributed by atoms with van der Waals surface area (Å²) in [5, 5.41) is 0.275. The number of carbonyl (C=O) groups is 1. The fraction of sp³-hybridized carbons (Fsp3) is 0.300. The van der Waals surface area contributed by atoms with Gasteiger partial charge < -0.3 is 15.2 Å². The number of nitrogen functional groups attached to an aromatic ring is 1. The van der Waals surface area contributed by atoms with Crippen LogP contribution in [-0.2, 0) is 4.74 Å². The number of methoxy groups -OCH3 is 1. The zero-order valence-electron chi connectivity index (χ0n) is 8.54. The van der Waals surface area contributed by atoms with Gasteiger partial charge in [0.05, 0.1) is 30.0 Å². The monoisotopic (exact) mass is 229 g/mol. The Kier molecular flexibility index (Phi) is 3.80. The quantitative estimate of drug-likeness (QED) is 0.637. The number of esters is 1. The van der Waals surface area contributed by atoms with Crippen LogP contribution >= 0.6 is 11.6 Å². The van der Waals surface area contributed by atoms with Gasteiger partial charge in [-0.1, -0.05) is 11.6 Å². The van der Waals surface area contributed by atoms with Crippen LogP contribution in [-0.4, -0.2) is 19.7 Å². The number of hydrogen-bond donors (Lipinski definition) is 1. The van der Waals surface area contributed by atoms with E-state index >= 15 is 0 Å². The maximum Gasteiger partial charge on any atom is 0.340 e. The normalized spacial score (nSPS) is 9.80. The van der Waals surface area contributed by atoms with Crippen molar-refractivity contribution in [3.05, 3.63) is 22.7 Å². The first-order valence-corrected chi connectivity index (χ1v) is 4.78. The van der Waals surface area contributed by atoms with Crippen LogP contribution in [0.25, 0.3) is 0 Å². The van der Waals surface area contributed by atoms with Crippen molar-refractivity contribution in [2.24, 2.45) is 0 Å². The molecule has 82 valence electrons. The van der Waals surface area contributed by atoms with Crippen molar-refractivity contribution >= 4 is 23.3 Å². The van der Waals surface area contributed by atoms with Crippen LogP contribution in [0.5, 0.6) is 5.75 Å². The molecule has 0 saturated carbocycles. The highest BCUT2D eigenvalue weighted by molar-refractivity contribution is 6.34. The van der Waals surface area contributed by atoms with Crippen LogP contribution in [0.2, 0.25) is 5.02 Å². The maximum absolute atomic E-state index is 11.5. The van der Waals surface area contributed by atoms with Crippen molar-refractivity contribution in [2.45, 2.75) is 6.92 Å². The van der Waals surface area contributed by atoms with Gasteiger partial charge in [0, 0.05) is 6.07 Å². The standard InChI is InChI=1S/C10H12ClNO3/c1-3-15-10(13)7-4-6(14-2)5-8(11)9(7)12/h4-5H,3,12H2,1-2H3. The topological polar surface area (TPSA) is 61.5 Å². The molecule has 1 aromatic carbocycles. The Bertz CT molecular complexity index is 379. The van der Waals surface area contributed by atoms with Crippen molar-refractivity contribution < 1.29 is 14.3 Å². The van der Waals surface area contributed by atoms with Crippen molar-refractivity contribution in [3.63, 3.8) is 0 Å². The molecule has 0 aromatic heterocycles. The predicted molar refractivity (Wildman–Crippen MR) is 58.4 cm³/mol. The molecule has 15 heavy (non-hydrogen) atoms. The third-order valence-corrected chi connectivity index (χ3v) is 2.15. The third-order valence-electron chi connectivity index (χ3n) is 1.83. The van der Waals surface area contributed by atoms with Gasteiger partial charge in [0.15, 0.2) is 0 Å². The number of ether oxygens (including phenoxy) is 2. The van der Waals surface area contributed by atoms with Crippen molar-refractivity contribution in [1.29, 1.82) is 0 Å². The van der Waals surface area contributed by atoms with Crippen LogP contribution < -0.4 is 10.5 Å². The molecule has 0 bridgehead atoms. The summed E-state index contributed by atoms with van der Waals surface area (Å²) in [6, 6.07) is 3.04. The summed E-state index contributed by atoms with van der Waals surface area (Å²) in [5.41, 5.74) is 6.08. The maximum atomic E-state index is 11.5. The minimum absolute atomic E-state index is 0.205. The van der Waals surface area contributed by atoms with Gasteiger partial charge in [-0.15, -0.1) is 0 Å². The van der Waals surface area contributed by atoms with E-state index in [0.29, 0.717) is 5.75 Å². The third kappa shape index (κ3) is 2.53. The zero-order valence-corrected chi connectivity index (χ0v) is 9.30. The molecule has 0 amide bonds. The average Bonchev–Trinajstić information content (AvgIpc) is 2.22. The highest BCUT2D eigenvalue weighted by atomic mass is 35.5. The van der Waals surface area contributed by atoms with Crippen LogP contribution in [0.3, 0.4) is 0 Å². The second-order valence-corrected chi connectivity index (χ2v) is 3.20. The first-order valence-electron chi connectivity index (χ1n) is 4.40. The highest BCUT2D eigenvalue weighted by Gasteiger charge is 2.15. The van der Waals surface area contributed by atoms with E-state index in [1.54, 1.807) is 13.0 Å². The second-order valence-electron chi connectivity index (χ2n) is 2.79. The Balaban J connectivity index is 3.15. The minimum atomic E-state index is -0.504. The van der Waals surface area contributed by atoms with E-state index in [4.69, 9.17) is 26.8 Å².